The Morgan fingerprint density at radius 2 is 2.40 bits per heavy atom. The fourth-order valence-corrected chi connectivity index (χ4v) is 1.30. The van der Waals surface area contributed by atoms with E-state index >= 15 is 0 Å². The van der Waals surface area contributed by atoms with Crippen LogP contribution in [-0.2, 0) is 13.1 Å². The molecule has 0 aliphatic carbocycles. The Balaban J connectivity index is 1.98. The van der Waals surface area contributed by atoms with Gasteiger partial charge in [-0.1, -0.05) is 5.16 Å². The maximum absolute atomic E-state index is 4.86. The van der Waals surface area contributed by atoms with Crippen molar-refractivity contribution in [3.63, 3.8) is 0 Å². The molecule has 6 nitrogen and oxygen atoms in total. The van der Waals surface area contributed by atoms with E-state index in [0.717, 1.165) is 12.5 Å². The molecule has 0 radical (unpaired) electrons. The maximum Gasteiger partial charge on any atom is 0.223 e. The Kier molecular flexibility index (Phi) is 2.66. The van der Waals surface area contributed by atoms with Gasteiger partial charge in [-0.3, -0.25) is 0 Å². The van der Waals surface area contributed by atoms with Crippen molar-refractivity contribution < 1.29 is 4.52 Å². The summed E-state index contributed by atoms with van der Waals surface area (Å²) in [4.78, 5) is 8.26. The van der Waals surface area contributed by atoms with Gasteiger partial charge in [-0.15, -0.1) is 0 Å². The van der Waals surface area contributed by atoms with Crippen LogP contribution in [0, 0.1) is 6.92 Å². The Hall–Kier alpha value is -1.85. The number of anilines is 1. The fraction of sp³-hybridized carbons (Fsp3) is 0.444. The summed E-state index contributed by atoms with van der Waals surface area (Å²) in [7, 11) is 0. The maximum atomic E-state index is 4.86. The fourth-order valence-electron chi connectivity index (χ4n) is 1.30. The van der Waals surface area contributed by atoms with E-state index in [-0.39, 0.29) is 0 Å². The third-order valence-electron chi connectivity index (χ3n) is 2.03. The zero-order valence-corrected chi connectivity index (χ0v) is 8.77. The minimum Gasteiger partial charge on any atom is -0.348 e. The lowest BCUT2D eigenvalue weighted by Crippen LogP contribution is -2.07. The SMILES string of the molecule is CCn1ccnc1NCc1noc(C)n1. The molecule has 0 saturated heterocycles. The number of nitrogens with one attached hydrogen (secondary N) is 1. The Morgan fingerprint density at radius 3 is 3.07 bits per heavy atom. The van der Waals surface area contributed by atoms with Crippen molar-refractivity contribution in [3.8, 4) is 0 Å². The van der Waals surface area contributed by atoms with Gasteiger partial charge < -0.3 is 14.4 Å². The van der Waals surface area contributed by atoms with Gasteiger partial charge in [0.25, 0.3) is 0 Å². The van der Waals surface area contributed by atoms with Crippen molar-refractivity contribution in [2.45, 2.75) is 26.9 Å². The van der Waals surface area contributed by atoms with Gasteiger partial charge in [0, 0.05) is 25.9 Å². The van der Waals surface area contributed by atoms with Crippen LogP contribution in [0.25, 0.3) is 0 Å². The van der Waals surface area contributed by atoms with Crippen molar-refractivity contribution in [1.29, 1.82) is 0 Å². The van der Waals surface area contributed by atoms with Crippen molar-refractivity contribution in [2.75, 3.05) is 5.32 Å². The van der Waals surface area contributed by atoms with Gasteiger partial charge in [0.1, 0.15) is 0 Å². The molecule has 0 fully saturated rings. The third kappa shape index (κ3) is 2.15. The lowest BCUT2D eigenvalue weighted by molar-refractivity contribution is 0.388. The predicted octanol–water partition coefficient (Wildman–Crippen LogP) is 1.21. The summed E-state index contributed by atoms with van der Waals surface area (Å²) in [5, 5.41) is 6.93. The second kappa shape index (κ2) is 4.12. The molecule has 1 N–H and O–H groups in total. The molecule has 0 unspecified atom stereocenters. The molecule has 2 heterocycles. The topological polar surface area (TPSA) is 68.8 Å². The number of hydrogen-bond acceptors (Lipinski definition) is 5. The van der Waals surface area contributed by atoms with E-state index in [2.05, 4.69) is 27.4 Å². The first-order chi connectivity index (χ1) is 7.29. The molecule has 15 heavy (non-hydrogen) atoms. The van der Waals surface area contributed by atoms with Crippen LogP contribution in [0.15, 0.2) is 16.9 Å². The van der Waals surface area contributed by atoms with Gasteiger partial charge in [-0.25, -0.2) is 4.98 Å². The highest BCUT2D eigenvalue weighted by Crippen LogP contribution is 2.05. The van der Waals surface area contributed by atoms with Crippen LogP contribution in [0.1, 0.15) is 18.6 Å². The van der Waals surface area contributed by atoms with E-state index in [1.165, 1.54) is 0 Å². The monoisotopic (exact) mass is 207 g/mol. The summed E-state index contributed by atoms with van der Waals surface area (Å²) in [6.07, 6.45) is 3.68. The average Bonchev–Trinajstić information content (AvgIpc) is 2.83. The van der Waals surface area contributed by atoms with Crippen LogP contribution >= 0.6 is 0 Å². The Bertz CT molecular complexity index is 433. The van der Waals surface area contributed by atoms with Gasteiger partial charge in [0.15, 0.2) is 5.82 Å². The summed E-state index contributed by atoms with van der Waals surface area (Å²) in [5.74, 6) is 2.03. The van der Waals surface area contributed by atoms with Crippen LogP contribution < -0.4 is 5.32 Å². The molecule has 0 aliphatic heterocycles. The number of rotatable bonds is 4. The largest absolute Gasteiger partial charge is 0.348 e. The summed E-state index contributed by atoms with van der Waals surface area (Å²) in [6, 6.07) is 0. The zero-order valence-electron chi connectivity index (χ0n) is 8.77. The number of hydrogen-bond donors (Lipinski definition) is 1. The average molecular weight is 207 g/mol. The van der Waals surface area contributed by atoms with Crippen LogP contribution in [0.3, 0.4) is 0 Å². The lowest BCUT2D eigenvalue weighted by Gasteiger charge is -2.04. The molecule has 0 bridgehead atoms. The molecule has 0 atom stereocenters. The van der Waals surface area contributed by atoms with Gasteiger partial charge in [0.2, 0.25) is 11.8 Å². The minimum absolute atomic E-state index is 0.522. The molecule has 80 valence electrons. The van der Waals surface area contributed by atoms with Crippen molar-refractivity contribution in [3.05, 3.63) is 24.1 Å². The molecular weight excluding hydrogens is 194 g/mol. The van der Waals surface area contributed by atoms with Gasteiger partial charge in [-0.05, 0) is 6.92 Å². The molecule has 2 aromatic rings. The molecule has 2 aromatic heterocycles. The number of aromatic nitrogens is 4. The van der Waals surface area contributed by atoms with E-state index in [1.807, 2.05) is 10.8 Å². The highest BCUT2D eigenvalue weighted by Gasteiger charge is 2.04. The zero-order chi connectivity index (χ0) is 10.7. The van der Waals surface area contributed by atoms with E-state index in [0.29, 0.717) is 18.3 Å². The third-order valence-corrected chi connectivity index (χ3v) is 2.03. The van der Waals surface area contributed by atoms with E-state index in [4.69, 9.17) is 4.52 Å². The minimum atomic E-state index is 0.522. The summed E-state index contributed by atoms with van der Waals surface area (Å²) in [5.41, 5.74) is 0. The van der Waals surface area contributed by atoms with Crippen LogP contribution in [0.5, 0.6) is 0 Å². The van der Waals surface area contributed by atoms with Gasteiger partial charge >= 0.3 is 0 Å². The normalized spacial score (nSPS) is 10.5. The quantitative estimate of drug-likeness (QED) is 0.816. The first-order valence-electron chi connectivity index (χ1n) is 4.83. The van der Waals surface area contributed by atoms with Gasteiger partial charge in [-0.2, -0.15) is 4.98 Å². The standard InChI is InChI=1S/C9H13N5O/c1-3-14-5-4-10-9(14)11-6-8-12-7(2)15-13-8/h4-5H,3,6H2,1-2H3,(H,10,11). The number of imidazole rings is 1. The predicted molar refractivity (Wildman–Crippen MR) is 54.3 cm³/mol. The smallest absolute Gasteiger partial charge is 0.223 e. The van der Waals surface area contributed by atoms with E-state index in [9.17, 15) is 0 Å². The number of nitrogens with zero attached hydrogens (tertiary/aromatic N) is 4. The summed E-state index contributed by atoms with van der Waals surface area (Å²) >= 11 is 0. The second-order valence-electron chi connectivity index (χ2n) is 3.12. The second-order valence-corrected chi connectivity index (χ2v) is 3.12. The molecule has 6 heteroatoms. The van der Waals surface area contributed by atoms with Gasteiger partial charge in [0.05, 0.1) is 6.54 Å². The molecule has 0 aliphatic rings. The molecule has 0 amide bonds. The number of aryl methyl sites for hydroxylation is 2. The molecule has 2 rings (SSSR count). The molecule has 0 aromatic carbocycles. The van der Waals surface area contributed by atoms with E-state index in [1.54, 1.807) is 13.1 Å². The van der Waals surface area contributed by atoms with Crippen molar-refractivity contribution >= 4 is 5.95 Å². The Labute approximate surface area is 87.3 Å². The van der Waals surface area contributed by atoms with Crippen LogP contribution in [-0.4, -0.2) is 19.7 Å². The van der Waals surface area contributed by atoms with Crippen LogP contribution in [0.2, 0.25) is 0 Å². The lowest BCUT2D eigenvalue weighted by atomic mass is 10.6. The van der Waals surface area contributed by atoms with Crippen LogP contribution in [0.4, 0.5) is 5.95 Å². The molecule has 0 saturated carbocycles. The molecular formula is C9H13N5O. The first kappa shape index (κ1) is 9.70. The summed E-state index contributed by atoms with van der Waals surface area (Å²) < 4.78 is 6.87. The summed E-state index contributed by atoms with van der Waals surface area (Å²) in [6.45, 7) is 5.23. The van der Waals surface area contributed by atoms with Crippen molar-refractivity contribution in [2.24, 2.45) is 0 Å². The van der Waals surface area contributed by atoms with E-state index < -0.39 is 0 Å². The highest BCUT2D eigenvalue weighted by molar-refractivity contribution is 5.25. The highest BCUT2D eigenvalue weighted by atomic mass is 16.5. The Morgan fingerprint density at radius 1 is 1.53 bits per heavy atom. The molecule has 0 spiro atoms. The van der Waals surface area contributed by atoms with Crippen molar-refractivity contribution in [1.82, 2.24) is 19.7 Å². The first-order valence-corrected chi connectivity index (χ1v) is 4.83.